The maximum Gasteiger partial charge on any atom is 0.170 e. The molecule has 15 heavy (non-hydrogen) atoms. The number of rotatable bonds is 1. The van der Waals surface area contributed by atoms with Crippen LogP contribution >= 0.6 is 29.4 Å². The van der Waals surface area contributed by atoms with E-state index in [1.54, 1.807) is 0 Å². The third kappa shape index (κ3) is 2.44. The summed E-state index contributed by atoms with van der Waals surface area (Å²) in [6.07, 6.45) is 0. The maximum atomic E-state index is 5.26. The van der Waals surface area contributed by atoms with Gasteiger partial charge in [-0.1, -0.05) is 33.2 Å². The normalized spacial score (nSPS) is 9.80. The van der Waals surface area contributed by atoms with Gasteiger partial charge in [0, 0.05) is 15.6 Å². The highest BCUT2D eigenvalue weighted by Gasteiger charge is 2.09. The number of hydrogen-bond acceptors (Lipinski definition) is 2. The summed E-state index contributed by atoms with van der Waals surface area (Å²) in [7, 11) is 0. The summed E-state index contributed by atoms with van der Waals surface area (Å²) in [5.74, 6) is 0.856. The molecule has 2 rings (SSSR count). The van der Waals surface area contributed by atoms with Crippen LogP contribution in [0.1, 0.15) is 11.3 Å². The Morgan fingerprint density at radius 3 is 2.20 bits per heavy atom. The van der Waals surface area contributed by atoms with Crippen LogP contribution in [0.5, 0.6) is 0 Å². The standard InChI is InChI=1S/C11H10BrNO.H2S/c1-7-8(2)13-14-11(7)9-3-5-10(12)6-4-9;/h3-6H,1-2H3;1H2. The molecule has 2 aromatic rings. The molecule has 0 aliphatic carbocycles. The lowest BCUT2D eigenvalue weighted by molar-refractivity contribution is 0.427. The van der Waals surface area contributed by atoms with Crippen molar-refractivity contribution in [1.82, 2.24) is 5.16 Å². The average molecular weight is 286 g/mol. The first-order chi connectivity index (χ1) is 6.68. The van der Waals surface area contributed by atoms with Gasteiger partial charge in [-0.3, -0.25) is 0 Å². The predicted molar refractivity (Wildman–Crippen MR) is 69.5 cm³/mol. The Morgan fingerprint density at radius 2 is 1.73 bits per heavy atom. The molecule has 0 amide bonds. The van der Waals surface area contributed by atoms with Gasteiger partial charge in [-0.25, -0.2) is 0 Å². The Bertz CT molecular complexity index is 450. The number of halogens is 1. The Balaban J connectivity index is 0.00000112. The highest BCUT2D eigenvalue weighted by molar-refractivity contribution is 9.10. The lowest BCUT2D eigenvalue weighted by atomic mass is 10.1. The van der Waals surface area contributed by atoms with Gasteiger partial charge < -0.3 is 4.52 Å². The van der Waals surface area contributed by atoms with Gasteiger partial charge in [-0.2, -0.15) is 13.5 Å². The molecule has 0 aliphatic heterocycles. The molecule has 1 heterocycles. The summed E-state index contributed by atoms with van der Waals surface area (Å²) in [6.45, 7) is 3.96. The van der Waals surface area contributed by atoms with E-state index in [9.17, 15) is 0 Å². The molecule has 1 aromatic carbocycles. The maximum absolute atomic E-state index is 5.26. The Morgan fingerprint density at radius 1 is 1.13 bits per heavy atom. The molecule has 4 heteroatoms. The second-order valence-corrected chi connectivity index (χ2v) is 4.14. The van der Waals surface area contributed by atoms with Gasteiger partial charge in [0.15, 0.2) is 5.76 Å². The first kappa shape index (κ1) is 12.3. The summed E-state index contributed by atoms with van der Waals surface area (Å²) in [6, 6.07) is 8.01. The van der Waals surface area contributed by atoms with Gasteiger partial charge in [0.2, 0.25) is 0 Å². The lowest BCUT2D eigenvalue weighted by Gasteiger charge is -1.97. The zero-order chi connectivity index (χ0) is 10.1. The Labute approximate surface area is 104 Å². The van der Waals surface area contributed by atoms with Crippen molar-refractivity contribution in [2.24, 2.45) is 0 Å². The molecule has 0 saturated carbocycles. The van der Waals surface area contributed by atoms with E-state index in [2.05, 4.69) is 21.1 Å². The molecule has 0 saturated heterocycles. The van der Waals surface area contributed by atoms with E-state index in [1.807, 2.05) is 38.1 Å². The summed E-state index contributed by atoms with van der Waals surface area (Å²) in [5, 5.41) is 3.93. The van der Waals surface area contributed by atoms with Crippen LogP contribution in [0.25, 0.3) is 11.3 Å². The van der Waals surface area contributed by atoms with Crippen molar-refractivity contribution in [2.45, 2.75) is 13.8 Å². The van der Waals surface area contributed by atoms with Crippen molar-refractivity contribution in [3.63, 3.8) is 0 Å². The molecule has 2 nitrogen and oxygen atoms in total. The minimum Gasteiger partial charge on any atom is -0.356 e. The van der Waals surface area contributed by atoms with Crippen molar-refractivity contribution in [2.75, 3.05) is 0 Å². The zero-order valence-electron chi connectivity index (χ0n) is 8.54. The van der Waals surface area contributed by atoms with Crippen LogP contribution in [-0.4, -0.2) is 5.16 Å². The third-order valence-electron chi connectivity index (χ3n) is 2.26. The van der Waals surface area contributed by atoms with Crippen molar-refractivity contribution in [3.05, 3.63) is 40.0 Å². The molecular weight excluding hydrogens is 274 g/mol. The van der Waals surface area contributed by atoms with Crippen LogP contribution in [0.4, 0.5) is 0 Å². The van der Waals surface area contributed by atoms with Crippen LogP contribution in [-0.2, 0) is 0 Å². The van der Waals surface area contributed by atoms with E-state index in [4.69, 9.17) is 4.52 Å². The van der Waals surface area contributed by atoms with E-state index >= 15 is 0 Å². The van der Waals surface area contributed by atoms with Crippen LogP contribution in [0.2, 0.25) is 0 Å². The molecule has 0 radical (unpaired) electrons. The van der Waals surface area contributed by atoms with E-state index in [0.29, 0.717) is 0 Å². The largest absolute Gasteiger partial charge is 0.356 e. The monoisotopic (exact) mass is 285 g/mol. The van der Waals surface area contributed by atoms with E-state index in [0.717, 1.165) is 27.1 Å². The predicted octanol–water partition coefficient (Wildman–Crippen LogP) is 3.83. The zero-order valence-corrected chi connectivity index (χ0v) is 11.1. The highest BCUT2D eigenvalue weighted by Crippen LogP contribution is 2.26. The smallest absolute Gasteiger partial charge is 0.170 e. The minimum absolute atomic E-state index is 0. The summed E-state index contributed by atoms with van der Waals surface area (Å²) in [4.78, 5) is 0. The Kier molecular flexibility index (Phi) is 3.99. The van der Waals surface area contributed by atoms with Gasteiger partial charge in [0.25, 0.3) is 0 Å². The van der Waals surface area contributed by atoms with E-state index in [-0.39, 0.29) is 13.5 Å². The van der Waals surface area contributed by atoms with Crippen molar-refractivity contribution >= 4 is 29.4 Å². The van der Waals surface area contributed by atoms with Gasteiger partial charge in [-0.15, -0.1) is 0 Å². The molecular formula is C11H12BrNOS. The van der Waals surface area contributed by atoms with Crippen molar-refractivity contribution in [1.29, 1.82) is 0 Å². The molecule has 0 bridgehead atoms. The second kappa shape index (κ2) is 4.86. The molecule has 0 N–H and O–H groups in total. The molecule has 0 unspecified atom stereocenters. The fraction of sp³-hybridized carbons (Fsp3) is 0.182. The number of benzene rings is 1. The Hall–Kier alpha value is -0.740. The van der Waals surface area contributed by atoms with Gasteiger partial charge in [0.1, 0.15) is 0 Å². The molecule has 1 aromatic heterocycles. The minimum atomic E-state index is 0. The van der Waals surface area contributed by atoms with E-state index < -0.39 is 0 Å². The first-order valence-electron chi connectivity index (χ1n) is 4.37. The SMILES string of the molecule is Cc1noc(-c2ccc(Br)cc2)c1C.S. The number of aromatic nitrogens is 1. The quantitative estimate of drug-likeness (QED) is 0.796. The van der Waals surface area contributed by atoms with Gasteiger partial charge in [0.05, 0.1) is 5.69 Å². The lowest BCUT2D eigenvalue weighted by Crippen LogP contribution is -1.78. The third-order valence-corrected chi connectivity index (χ3v) is 2.79. The van der Waals surface area contributed by atoms with E-state index in [1.165, 1.54) is 0 Å². The average Bonchev–Trinajstić information content (AvgIpc) is 2.50. The highest BCUT2D eigenvalue weighted by atomic mass is 79.9. The molecule has 0 fully saturated rings. The first-order valence-corrected chi connectivity index (χ1v) is 5.16. The van der Waals surface area contributed by atoms with Crippen molar-refractivity contribution < 1.29 is 4.52 Å². The summed E-state index contributed by atoms with van der Waals surface area (Å²) >= 11 is 3.40. The fourth-order valence-electron chi connectivity index (χ4n) is 1.29. The van der Waals surface area contributed by atoms with Crippen LogP contribution in [0, 0.1) is 13.8 Å². The number of aryl methyl sites for hydroxylation is 1. The number of nitrogens with zero attached hydrogens (tertiary/aromatic N) is 1. The number of hydrogen-bond donors (Lipinski definition) is 0. The molecule has 0 atom stereocenters. The molecule has 0 aliphatic rings. The van der Waals surface area contributed by atoms with Crippen LogP contribution < -0.4 is 0 Å². The van der Waals surface area contributed by atoms with Crippen molar-refractivity contribution in [3.8, 4) is 11.3 Å². The fourth-order valence-corrected chi connectivity index (χ4v) is 1.55. The van der Waals surface area contributed by atoms with Gasteiger partial charge in [-0.05, 0) is 26.0 Å². The topological polar surface area (TPSA) is 26.0 Å². The van der Waals surface area contributed by atoms with Crippen LogP contribution in [0.15, 0.2) is 33.3 Å². The van der Waals surface area contributed by atoms with Gasteiger partial charge >= 0.3 is 0 Å². The summed E-state index contributed by atoms with van der Waals surface area (Å²) < 4.78 is 6.32. The molecule has 80 valence electrons. The summed E-state index contributed by atoms with van der Waals surface area (Å²) in [5.41, 5.74) is 3.11. The van der Waals surface area contributed by atoms with Crippen LogP contribution in [0.3, 0.4) is 0 Å². The second-order valence-electron chi connectivity index (χ2n) is 3.23. The molecule has 0 spiro atoms.